The Morgan fingerprint density at radius 2 is 0.882 bits per heavy atom. The molecule has 0 radical (unpaired) electrons. The summed E-state index contributed by atoms with van der Waals surface area (Å²) in [6.07, 6.45) is -19.5. The van der Waals surface area contributed by atoms with Crippen molar-refractivity contribution in [1.29, 1.82) is 0 Å². The topological polar surface area (TPSA) is 216 Å². The largest absolute Gasteiger partial charge is 0.467 e. The van der Waals surface area contributed by atoms with Crippen LogP contribution in [0.4, 0.5) is 0 Å². The molecule has 93 heavy (non-hydrogen) atoms. The number of hydrogen-bond donors (Lipinski definition) is 0. The van der Waals surface area contributed by atoms with Crippen LogP contribution in [0.25, 0.3) is 10.8 Å². The van der Waals surface area contributed by atoms with Gasteiger partial charge in [-0.2, -0.15) is 8.42 Å². The van der Waals surface area contributed by atoms with E-state index in [0.717, 1.165) is 44.2 Å². The monoisotopic (exact) mass is 1300 g/mol. The zero-order valence-electron chi connectivity index (χ0n) is 52.8. The standard InChI is InChI=1S/C72H82O20S/c1-6-86-93(75,76)39-38-57-59(81-46-54-36-37-55-34-22-23-35-56(55)40-54)62(82-42-50-26-14-8-15-27-50)67(85-45-53-32-20-11-21-33-53)71(88-57)91-64-61(77-3)68(87-48(2)73)72(92-65(64)69(74)78-4)90-60-58(47-80-41-49-24-12-7-13-25-49)89-70(79-5)66(84-44-52-30-18-10-19-31-52)63(60)83-43-51-28-16-9-17-29-51/h7-37,40,57-68,70-72H,6,38-39,41-47H2,1-5H3/t57-,58-,59-,60-,61+,62+,63+,64+,65+,66-,67-,68-,70+,71-,72-/m1/s1. The Labute approximate surface area is 543 Å². The molecule has 0 bridgehead atoms. The van der Waals surface area contributed by atoms with Crippen LogP contribution in [-0.2, 0) is 135 Å². The summed E-state index contributed by atoms with van der Waals surface area (Å²) in [4.78, 5) is 28.4. The molecule has 7 aromatic rings. The molecule has 0 spiro atoms. The van der Waals surface area contributed by atoms with E-state index in [1.807, 2.05) is 194 Å². The van der Waals surface area contributed by atoms with Gasteiger partial charge in [-0.3, -0.25) is 8.98 Å². The maximum Gasteiger partial charge on any atom is 0.337 e. The van der Waals surface area contributed by atoms with Gasteiger partial charge in [0.15, 0.2) is 31.1 Å². The van der Waals surface area contributed by atoms with E-state index in [1.165, 1.54) is 28.3 Å². The summed E-state index contributed by atoms with van der Waals surface area (Å²) in [5, 5.41) is 2.02. The van der Waals surface area contributed by atoms with E-state index in [2.05, 4.69) is 0 Å². The fourth-order valence-corrected chi connectivity index (χ4v) is 12.7. The highest BCUT2D eigenvalue weighted by Gasteiger charge is 2.59. The number of esters is 2. The number of carbonyl (C=O) groups excluding carboxylic acids is 2. The third-order valence-electron chi connectivity index (χ3n) is 16.2. The van der Waals surface area contributed by atoms with Gasteiger partial charge in [-0.1, -0.05) is 188 Å². The fourth-order valence-electron chi connectivity index (χ4n) is 11.7. The maximum atomic E-state index is 14.7. The van der Waals surface area contributed by atoms with E-state index >= 15 is 0 Å². The quantitative estimate of drug-likeness (QED) is 0.0283. The van der Waals surface area contributed by atoms with E-state index in [9.17, 15) is 18.0 Å². The molecule has 15 atom stereocenters. The molecule has 21 heteroatoms. The first-order valence-electron chi connectivity index (χ1n) is 31.2. The second-order valence-electron chi connectivity index (χ2n) is 22.7. The van der Waals surface area contributed by atoms with Crippen LogP contribution in [0.5, 0.6) is 0 Å². The van der Waals surface area contributed by atoms with Crippen molar-refractivity contribution in [3.8, 4) is 0 Å². The van der Waals surface area contributed by atoms with Crippen molar-refractivity contribution < 1.29 is 93.2 Å². The van der Waals surface area contributed by atoms with Crippen LogP contribution >= 0.6 is 0 Å². The average Bonchev–Trinajstić information content (AvgIpc) is 0.773. The SMILES string of the molecule is CCOS(=O)(=O)CC[C@H]1O[C@H](O[C@H]2[C@H](OC)[C@@H](OC(C)=O)[C@H](O[C@H]3[C@H](OCc4ccccc4)[C@@H](OCc4ccccc4)[C@@H](OC)O[C@@H]3COCc3ccccc3)O[C@@H]2C(=O)OC)[C@H](OCc2ccccc2)[C@@H](OCc2ccccc2)[C@@H]1OCc1ccc2ccccc2c1. The lowest BCUT2D eigenvalue weighted by Gasteiger charge is -2.51. The number of fused-ring (bicyclic) bond motifs is 1. The van der Waals surface area contributed by atoms with Gasteiger partial charge in [0.25, 0.3) is 10.1 Å². The smallest absolute Gasteiger partial charge is 0.337 e. The molecule has 3 heterocycles. The zero-order valence-corrected chi connectivity index (χ0v) is 53.6. The Hall–Kier alpha value is -6.87. The average molecular weight is 1300 g/mol. The number of hydrogen-bond acceptors (Lipinski definition) is 20. The van der Waals surface area contributed by atoms with Crippen LogP contribution in [0, 0.1) is 0 Å². The molecule has 3 fully saturated rings. The Morgan fingerprint density at radius 1 is 0.430 bits per heavy atom. The number of carbonyl (C=O) groups is 2. The summed E-state index contributed by atoms with van der Waals surface area (Å²) >= 11 is 0. The second kappa shape index (κ2) is 34.5. The number of rotatable bonds is 32. The lowest BCUT2D eigenvalue weighted by atomic mass is 9.94. The minimum atomic E-state index is -4.12. The van der Waals surface area contributed by atoms with Crippen molar-refractivity contribution in [3.63, 3.8) is 0 Å². The Morgan fingerprint density at radius 3 is 1.40 bits per heavy atom. The molecule has 496 valence electrons. The number of methoxy groups -OCH3 is 3. The molecule has 0 aliphatic carbocycles. The minimum Gasteiger partial charge on any atom is -0.467 e. The molecule has 0 N–H and O–H groups in total. The Balaban J connectivity index is 1.03. The summed E-state index contributed by atoms with van der Waals surface area (Å²) in [7, 11) is -0.0757. The summed E-state index contributed by atoms with van der Waals surface area (Å²) in [5.41, 5.74) is 4.99. The molecule has 0 amide bonds. The van der Waals surface area contributed by atoms with Gasteiger partial charge < -0.3 is 71.1 Å². The van der Waals surface area contributed by atoms with E-state index in [1.54, 1.807) is 6.92 Å². The molecule has 0 aromatic heterocycles. The fraction of sp³-hybridized carbons (Fsp3) is 0.417. The molecule has 7 aromatic carbocycles. The van der Waals surface area contributed by atoms with Crippen LogP contribution < -0.4 is 0 Å². The molecular formula is C72H82O20S. The molecule has 10 rings (SSSR count). The van der Waals surface area contributed by atoms with E-state index < -0.39 is 120 Å². The van der Waals surface area contributed by atoms with Gasteiger partial charge in [-0.15, -0.1) is 0 Å². The van der Waals surface area contributed by atoms with Gasteiger partial charge in [0.2, 0.25) is 0 Å². The van der Waals surface area contributed by atoms with Crippen LogP contribution in [0.2, 0.25) is 0 Å². The highest BCUT2D eigenvalue weighted by molar-refractivity contribution is 7.86. The van der Waals surface area contributed by atoms with Crippen LogP contribution in [-0.4, -0.2) is 153 Å². The Bertz CT molecular complexity index is 3480. The summed E-state index contributed by atoms with van der Waals surface area (Å²) in [6.45, 7) is 3.07. The van der Waals surface area contributed by atoms with Crippen LogP contribution in [0.15, 0.2) is 194 Å². The lowest BCUT2D eigenvalue weighted by Crippen LogP contribution is -2.68. The molecule has 3 saturated heterocycles. The van der Waals surface area contributed by atoms with E-state index in [4.69, 9.17) is 75.2 Å². The molecule has 0 unspecified atom stereocenters. The minimum absolute atomic E-state index is 0.00478. The van der Waals surface area contributed by atoms with E-state index in [-0.39, 0.29) is 59.3 Å². The Kier molecular flexibility index (Phi) is 25.6. The van der Waals surface area contributed by atoms with Crippen LogP contribution in [0.3, 0.4) is 0 Å². The number of ether oxygens (including phenoxy) is 15. The van der Waals surface area contributed by atoms with Gasteiger partial charge in [-0.05, 0) is 63.6 Å². The molecule has 0 saturated carbocycles. The van der Waals surface area contributed by atoms with Gasteiger partial charge in [0, 0.05) is 21.1 Å². The van der Waals surface area contributed by atoms with Crippen molar-refractivity contribution in [1.82, 2.24) is 0 Å². The summed E-state index contributed by atoms with van der Waals surface area (Å²) in [6, 6.07) is 61.5. The summed E-state index contributed by atoms with van der Waals surface area (Å²) in [5.74, 6) is -2.21. The van der Waals surface area contributed by atoms with E-state index in [0.29, 0.717) is 0 Å². The molecule has 3 aliphatic rings. The molecule has 3 aliphatic heterocycles. The lowest BCUT2D eigenvalue weighted by molar-refractivity contribution is -0.383. The van der Waals surface area contributed by atoms with Gasteiger partial charge in [0.05, 0.1) is 71.8 Å². The molecular weight excluding hydrogens is 1220 g/mol. The third kappa shape index (κ3) is 19.0. The predicted octanol–water partition coefficient (Wildman–Crippen LogP) is 9.75. The van der Waals surface area contributed by atoms with Crippen molar-refractivity contribution in [3.05, 3.63) is 228 Å². The first-order chi connectivity index (χ1) is 45.4. The van der Waals surface area contributed by atoms with Crippen LogP contribution in [0.1, 0.15) is 53.6 Å². The van der Waals surface area contributed by atoms with Gasteiger partial charge in [0.1, 0.15) is 54.9 Å². The summed E-state index contributed by atoms with van der Waals surface area (Å²) < 4.78 is 132. The normalized spacial score (nSPS) is 26.5. The highest BCUT2D eigenvalue weighted by atomic mass is 32.2. The van der Waals surface area contributed by atoms with Crippen molar-refractivity contribution in [2.75, 3.05) is 40.3 Å². The predicted molar refractivity (Wildman–Crippen MR) is 340 cm³/mol. The van der Waals surface area contributed by atoms with Crippen molar-refractivity contribution in [2.45, 2.75) is 152 Å². The third-order valence-corrected chi connectivity index (χ3v) is 17.6. The zero-order chi connectivity index (χ0) is 64.9. The van der Waals surface area contributed by atoms with Gasteiger partial charge >= 0.3 is 11.9 Å². The highest BCUT2D eigenvalue weighted by Crippen LogP contribution is 2.40. The van der Waals surface area contributed by atoms with Crippen molar-refractivity contribution >= 4 is 32.8 Å². The number of benzene rings is 7. The maximum absolute atomic E-state index is 14.7. The van der Waals surface area contributed by atoms with Crippen molar-refractivity contribution in [2.24, 2.45) is 0 Å². The molecule has 20 nitrogen and oxygen atoms in total. The second-order valence-corrected chi connectivity index (χ2v) is 24.5. The van der Waals surface area contributed by atoms with Gasteiger partial charge in [-0.25, -0.2) is 4.79 Å². The first kappa shape index (κ1) is 69.0. The first-order valence-corrected chi connectivity index (χ1v) is 32.8.